The summed E-state index contributed by atoms with van der Waals surface area (Å²) in [5, 5.41) is 25.9. The molecule has 0 amide bonds. The van der Waals surface area contributed by atoms with E-state index in [0.29, 0.717) is 5.75 Å². The second-order valence-corrected chi connectivity index (χ2v) is 9.30. The van der Waals surface area contributed by atoms with Crippen molar-refractivity contribution in [3.05, 3.63) is 23.3 Å². The van der Waals surface area contributed by atoms with E-state index in [9.17, 15) is 10.2 Å². The number of aromatic hydroxyl groups is 1. The minimum absolute atomic E-state index is 0.000214. The molecule has 1 aromatic carbocycles. The molecule has 7 rings (SSSR count). The molecule has 3 N–H and O–H groups in total. The van der Waals surface area contributed by atoms with Crippen LogP contribution in [0.25, 0.3) is 0 Å². The van der Waals surface area contributed by atoms with Gasteiger partial charge in [-0.15, -0.1) is 0 Å². The summed E-state index contributed by atoms with van der Waals surface area (Å²) < 4.78 is 6.35. The van der Waals surface area contributed by atoms with Crippen LogP contribution in [0.4, 0.5) is 0 Å². The van der Waals surface area contributed by atoms with E-state index in [-0.39, 0.29) is 34.9 Å². The van der Waals surface area contributed by atoms with Crippen LogP contribution < -0.4 is 10.1 Å². The molecule has 0 aromatic heterocycles. The summed E-state index contributed by atoms with van der Waals surface area (Å²) in [4.78, 5) is 2.59. The molecular formula is C20H24N2O3. The van der Waals surface area contributed by atoms with Gasteiger partial charge in [-0.2, -0.15) is 0 Å². The van der Waals surface area contributed by atoms with E-state index >= 15 is 0 Å². The number of piperidine rings is 1. The summed E-state index contributed by atoms with van der Waals surface area (Å²) in [7, 11) is 1.98. The van der Waals surface area contributed by atoms with Crippen molar-refractivity contribution in [3.8, 4) is 11.5 Å². The maximum atomic E-state index is 12.0. The third-order valence-corrected chi connectivity index (χ3v) is 8.49. The molecule has 7 atom stereocenters. The van der Waals surface area contributed by atoms with Crippen molar-refractivity contribution in [3.63, 3.8) is 0 Å². The minimum Gasteiger partial charge on any atom is -0.504 e. The lowest BCUT2D eigenvalue weighted by molar-refractivity contribution is -0.113. The predicted octanol–water partition coefficient (Wildman–Crippen LogP) is 1.21. The van der Waals surface area contributed by atoms with Crippen molar-refractivity contribution in [2.45, 2.75) is 66.8 Å². The highest BCUT2D eigenvalue weighted by molar-refractivity contribution is 5.72. The summed E-state index contributed by atoms with van der Waals surface area (Å²) in [6.07, 6.45) is 5.30. The van der Waals surface area contributed by atoms with Gasteiger partial charge in [0.25, 0.3) is 0 Å². The summed E-state index contributed by atoms with van der Waals surface area (Å²) in [5.41, 5.74) is 1.41. The van der Waals surface area contributed by atoms with E-state index in [0.717, 1.165) is 37.3 Å². The number of benzene rings is 1. The number of fused-ring (bicyclic) bond motifs is 1. The molecule has 4 fully saturated rings. The van der Waals surface area contributed by atoms with Crippen LogP contribution in [0.1, 0.15) is 43.2 Å². The van der Waals surface area contributed by atoms with E-state index in [1.54, 1.807) is 6.07 Å². The van der Waals surface area contributed by atoms with Crippen LogP contribution in [0.3, 0.4) is 0 Å². The maximum absolute atomic E-state index is 12.0. The molecule has 3 saturated carbocycles. The maximum Gasteiger partial charge on any atom is 0.165 e. The topological polar surface area (TPSA) is 64.7 Å². The standard InChI is InChI=1S/C20H24N2O3/c1-21-12-6-7-20(24)17-19(22(17)8-10-2-3-10)9-18(20)14-11(19)4-5-13(23)15(14)25-16(12)18/h4-5,10,12,16-17,21,23-24H,2-3,6-9H2,1H3/t12-,16+,17-,18+,19?,20-,22?/m1/s1. The van der Waals surface area contributed by atoms with Crippen LogP contribution in [0, 0.1) is 5.92 Å². The molecule has 2 spiro atoms. The number of phenols is 1. The second-order valence-electron chi connectivity index (χ2n) is 9.30. The molecule has 6 aliphatic rings. The van der Waals surface area contributed by atoms with Crippen LogP contribution in [0.2, 0.25) is 0 Å². The molecule has 1 aromatic rings. The highest BCUT2D eigenvalue weighted by atomic mass is 16.5. The molecule has 5 heteroatoms. The third kappa shape index (κ3) is 1.16. The molecule has 2 unspecified atom stereocenters. The Bertz CT molecular complexity index is 838. The number of aliphatic hydroxyl groups is 1. The lowest BCUT2D eigenvalue weighted by Gasteiger charge is -2.51. The van der Waals surface area contributed by atoms with Gasteiger partial charge in [-0.1, -0.05) is 6.07 Å². The molecule has 132 valence electrons. The Hall–Kier alpha value is -1.30. The van der Waals surface area contributed by atoms with Gasteiger partial charge in [0.15, 0.2) is 11.5 Å². The van der Waals surface area contributed by atoms with Gasteiger partial charge >= 0.3 is 0 Å². The number of phenolic OH excluding ortho intramolecular Hbond substituents is 1. The highest BCUT2D eigenvalue weighted by Gasteiger charge is 2.91. The van der Waals surface area contributed by atoms with Crippen LogP contribution in [0.5, 0.6) is 11.5 Å². The molecule has 2 bridgehead atoms. The molecule has 1 saturated heterocycles. The smallest absolute Gasteiger partial charge is 0.165 e. The van der Waals surface area contributed by atoms with Gasteiger partial charge in [-0.3, -0.25) is 4.90 Å². The molecule has 25 heavy (non-hydrogen) atoms. The van der Waals surface area contributed by atoms with Gasteiger partial charge in [0.05, 0.1) is 22.6 Å². The van der Waals surface area contributed by atoms with Crippen molar-refractivity contribution >= 4 is 0 Å². The first-order valence-electron chi connectivity index (χ1n) is 9.78. The molecule has 2 heterocycles. The number of nitrogens with zero attached hydrogens (tertiary/aromatic N) is 1. The quantitative estimate of drug-likeness (QED) is 0.722. The lowest BCUT2D eigenvalue weighted by atomic mass is 9.58. The number of likely N-dealkylation sites (tertiary alicyclic amines) is 1. The van der Waals surface area contributed by atoms with Gasteiger partial charge in [-0.25, -0.2) is 0 Å². The van der Waals surface area contributed by atoms with Crippen LogP contribution in [-0.2, 0) is 11.0 Å². The molecule has 5 nitrogen and oxygen atoms in total. The highest BCUT2D eigenvalue weighted by Crippen LogP contribution is 2.82. The Morgan fingerprint density at radius 1 is 1.32 bits per heavy atom. The third-order valence-electron chi connectivity index (χ3n) is 8.49. The summed E-state index contributed by atoms with van der Waals surface area (Å²) in [6.45, 7) is 1.12. The number of rotatable bonds is 3. The number of likely N-dealkylation sites (N-methyl/N-ethyl adjacent to an activating group) is 1. The van der Waals surface area contributed by atoms with Crippen LogP contribution in [-0.4, -0.2) is 52.5 Å². The minimum atomic E-state index is -0.716. The Kier molecular flexibility index (Phi) is 2.05. The summed E-state index contributed by atoms with van der Waals surface area (Å²) in [6, 6.07) is 4.38. The van der Waals surface area contributed by atoms with Crippen molar-refractivity contribution < 1.29 is 14.9 Å². The first kappa shape index (κ1) is 13.8. The van der Waals surface area contributed by atoms with Gasteiger partial charge in [0.2, 0.25) is 0 Å². The van der Waals surface area contributed by atoms with Gasteiger partial charge in [0, 0.05) is 18.2 Å². The van der Waals surface area contributed by atoms with Crippen molar-refractivity contribution in [2.75, 3.05) is 13.6 Å². The fourth-order valence-electron chi connectivity index (χ4n) is 7.43. The zero-order valence-corrected chi connectivity index (χ0v) is 14.5. The molecular weight excluding hydrogens is 316 g/mol. The van der Waals surface area contributed by atoms with E-state index in [1.807, 2.05) is 7.05 Å². The number of ether oxygens (including phenoxy) is 1. The fourth-order valence-corrected chi connectivity index (χ4v) is 7.43. The molecule has 0 radical (unpaired) electrons. The SMILES string of the molecule is CN[C@@H]1CC[C@@]2(O)[C@@H]3N(CC4CC4)C34C[C@@]23c2c4ccc(O)c2O[C@@H]13. The zero-order valence-electron chi connectivity index (χ0n) is 14.5. The number of hydrogen-bond donors (Lipinski definition) is 3. The van der Waals surface area contributed by atoms with Gasteiger partial charge in [-0.05, 0) is 56.7 Å². The van der Waals surface area contributed by atoms with Crippen molar-refractivity contribution in [2.24, 2.45) is 5.92 Å². The molecule has 2 aliphatic heterocycles. The molecule has 4 aliphatic carbocycles. The summed E-state index contributed by atoms with van der Waals surface area (Å²) >= 11 is 0. The normalized spacial score (nSPS) is 52.7. The first-order chi connectivity index (χ1) is 12.1. The van der Waals surface area contributed by atoms with Gasteiger partial charge < -0.3 is 20.3 Å². The Morgan fingerprint density at radius 2 is 2.16 bits per heavy atom. The first-order valence-corrected chi connectivity index (χ1v) is 9.78. The Labute approximate surface area is 147 Å². The predicted molar refractivity (Wildman–Crippen MR) is 90.7 cm³/mol. The van der Waals surface area contributed by atoms with E-state index in [1.165, 1.54) is 18.4 Å². The Balaban J connectivity index is 1.49. The van der Waals surface area contributed by atoms with Crippen LogP contribution in [0.15, 0.2) is 12.1 Å². The van der Waals surface area contributed by atoms with Crippen molar-refractivity contribution in [1.82, 2.24) is 10.2 Å². The van der Waals surface area contributed by atoms with E-state index in [2.05, 4.69) is 16.3 Å². The zero-order chi connectivity index (χ0) is 16.8. The lowest BCUT2D eigenvalue weighted by Crippen LogP contribution is -2.67. The summed E-state index contributed by atoms with van der Waals surface area (Å²) in [5.74, 6) is 1.70. The second kappa shape index (κ2) is 3.71. The average Bonchev–Trinajstić information content (AvgIpc) is 3.43. The number of nitrogens with one attached hydrogen (secondary N) is 1. The van der Waals surface area contributed by atoms with Crippen molar-refractivity contribution in [1.29, 1.82) is 0 Å². The average molecular weight is 340 g/mol. The van der Waals surface area contributed by atoms with E-state index in [4.69, 9.17) is 4.74 Å². The largest absolute Gasteiger partial charge is 0.504 e. The van der Waals surface area contributed by atoms with Crippen LogP contribution >= 0.6 is 0 Å². The Morgan fingerprint density at radius 3 is 2.92 bits per heavy atom. The van der Waals surface area contributed by atoms with Gasteiger partial charge in [0.1, 0.15) is 6.10 Å². The van der Waals surface area contributed by atoms with E-state index < -0.39 is 5.60 Å². The number of hydrogen-bond acceptors (Lipinski definition) is 5. The monoisotopic (exact) mass is 340 g/mol. The fraction of sp³-hybridized carbons (Fsp3) is 0.700.